The summed E-state index contributed by atoms with van der Waals surface area (Å²) in [5, 5.41) is 6.83. The summed E-state index contributed by atoms with van der Waals surface area (Å²) in [6.45, 7) is 3.74. The number of carbonyl (C=O) groups excluding carboxylic acids is 1. The number of rotatable bonds is 5. The molecule has 0 bridgehead atoms. The van der Waals surface area contributed by atoms with Gasteiger partial charge in [-0.05, 0) is 55.7 Å². The van der Waals surface area contributed by atoms with Crippen LogP contribution in [-0.4, -0.2) is 50.3 Å². The molecule has 3 aromatic heterocycles. The number of amides is 1. The Labute approximate surface area is 180 Å². The fraction of sp³-hybridized carbons (Fsp3) is 0.292. The van der Waals surface area contributed by atoms with Gasteiger partial charge in [0.05, 0.1) is 30.0 Å². The molecule has 1 aliphatic rings. The van der Waals surface area contributed by atoms with E-state index in [1.165, 1.54) is 0 Å². The van der Waals surface area contributed by atoms with Crippen molar-refractivity contribution in [2.45, 2.75) is 25.9 Å². The standard InChI is InChI=1S/C24H25N5O2/c1-16-10-17(15-29(16)24(30)18-4-3-5-20(11-18)31-2)14-28-9-8-22-23(28)7-6-21(27-22)19-12-25-26-13-19/h3-9,11-13,16-17H,10,14-15H2,1-2H3,(H,25,26)/t16-,17?/m0/s1. The lowest BCUT2D eigenvalue weighted by atomic mass is 10.1. The number of hydrogen-bond donors (Lipinski definition) is 1. The number of carbonyl (C=O) groups is 1. The van der Waals surface area contributed by atoms with Crippen molar-refractivity contribution in [3.8, 4) is 17.0 Å². The zero-order valence-electron chi connectivity index (χ0n) is 17.7. The van der Waals surface area contributed by atoms with Crippen molar-refractivity contribution < 1.29 is 9.53 Å². The first kappa shape index (κ1) is 19.4. The second-order valence-electron chi connectivity index (χ2n) is 8.20. The summed E-state index contributed by atoms with van der Waals surface area (Å²) in [5.41, 5.74) is 4.63. The van der Waals surface area contributed by atoms with Gasteiger partial charge in [-0.1, -0.05) is 6.07 Å². The number of H-pyrrole nitrogens is 1. The Hall–Kier alpha value is -3.61. The van der Waals surface area contributed by atoms with E-state index in [4.69, 9.17) is 9.72 Å². The summed E-state index contributed by atoms with van der Waals surface area (Å²) in [4.78, 5) is 19.8. The smallest absolute Gasteiger partial charge is 0.254 e. The van der Waals surface area contributed by atoms with Crippen molar-refractivity contribution in [3.05, 3.63) is 66.6 Å². The lowest BCUT2D eigenvalue weighted by molar-refractivity contribution is 0.0742. The number of aromatic amines is 1. The van der Waals surface area contributed by atoms with E-state index in [0.29, 0.717) is 17.2 Å². The summed E-state index contributed by atoms with van der Waals surface area (Å²) >= 11 is 0. The highest BCUT2D eigenvalue weighted by Gasteiger charge is 2.33. The van der Waals surface area contributed by atoms with E-state index in [1.807, 2.05) is 41.4 Å². The minimum atomic E-state index is 0.0673. The van der Waals surface area contributed by atoms with Gasteiger partial charge in [-0.15, -0.1) is 0 Å². The number of likely N-dealkylation sites (tertiary alicyclic amines) is 1. The van der Waals surface area contributed by atoms with E-state index in [-0.39, 0.29) is 11.9 Å². The quantitative estimate of drug-likeness (QED) is 0.535. The molecule has 1 saturated heterocycles. The van der Waals surface area contributed by atoms with E-state index in [0.717, 1.165) is 41.8 Å². The fourth-order valence-electron chi connectivity index (χ4n) is 4.54. The van der Waals surface area contributed by atoms with Crippen LogP contribution in [0.4, 0.5) is 0 Å². The predicted molar refractivity (Wildman–Crippen MR) is 119 cm³/mol. The first-order chi connectivity index (χ1) is 15.1. The van der Waals surface area contributed by atoms with Gasteiger partial charge in [0.15, 0.2) is 0 Å². The van der Waals surface area contributed by atoms with Crippen molar-refractivity contribution in [1.29, 1.82) is 0 Å². The van der Waals surface area contributed by atoms with Crippen molar-refractivity contribution in [3.63, 3.8) is 0 Å². The number of ether oxygens (including phenoxy) is 1. The van der Waals surface area contributed by atoms with E-state index in [2.05, 4.69) is 40.0 Å². The molecule has 0 saturated carbocycles. The molecule has 0 aliphatic carbocycles. The van der Waals surface area contributed by atoms with Gasteiger partial charge in [-0.2, -0.15) is 5.10 Å². The Kier molecular flexibility index (Phi) is 4.94. The molecule has 1 fully saturated rings. The van der Waals surface area contributed by atoms with Crippen LogP contribution in [0.3, 0.4) is 0 Å². The largest absolute Gasteiger partial charge is 0.497 e. The van der Waals surface area contributed by atoms with E-state index in [9.17, 15) is 4.79 Å². The van der Waals surface area contributed by atoms with Crippen LogP contribution < -0.4 is 4.74 Å². The van der Waals surface area contributed by atoms with Gasteiger partial charge in [0.25, 0.3) is 5.91 Å². The van der Waals surface area contributed by atoms with Gasteiger partial charge < -0.3 is 14.2 Å². The highest BCUT2D eigenvalue weighted by Crippen LogP contribution is 2.29. The number of methoxy groups -OCH3 is 1. The lowest BCUT2D eigenvalue weighted by Gasteiger charge is -2.22. The number of benzene rings is 1. The summed E-state index contributed by atoms with van der Waals surface area (Å²) in [7, 11) is 1.62. The summed E-state index contributed by atoms with van der Waals surface area (Å²) < 4.78 is 7.52. The third-order valence-electron chi connectivity index (χ3n) is 6.11. The Morgan fingerprint density at radius 2 is 2.16 bits per heavy atom. The van der Waals surface area contributed by atoms with Crippen molar-refractivity contribution in [2.75, 3.05) is 13.7 Å². The second-order valence-corrected chi connectivity index (χ2v) is 8.20. The molecule has 1 amide bonds. The monoisotopic (exact) mass is 415 g/mol. The van der Waals surface area contributed by atoms with Gasteiger partial charge in [0.2, 0.25) is 0 Å². The van der Waals surface area contributed by atoms with Crippen molar-refractivity contribution in [2.24, 2.45) is 5.92 Å². The Morgan fingerprint density at radius 3 is 2.97 bits per heavy atom. The molecule has 1 aliphatic heterocycles. The van der Waals surface area contributed by atoms with Gasteiger partial charge in [0.1, 0.15) is 5.75 Å². The number of hydrogen-bond acceptors (Lipinski definition) is 4. The first-order valence-electron chi connectivity index (χ1n) is 10.5. The number of aromatic nitrogens is 4. The van der Waals surface area contributed by atoms with Crippen LogP contribution in [0.2, 0.25) is 0 Å². The van der Waals surface area contributed by atoms with Crippen molar-refractivity contribution in [1.82, 2.24) is 24.6 Å². The molecule has 2 atom stereocenters. The zero-order chi connectivity index (χ0) is 21.4. The SMILES string of the molecule is COc1cccc(C(=O)N2CC(Cn3ccc4nc(-c5cn[nH]c5)ccc43)C[C@@H]2C)c1. The maximum Gasteiger partial charge on any atom is 0.254 e. The van der Waals surface area contributed by atoms with Gasteiger partial charge in [-0.3, -0.25) is 9.89 Å². The minimum absolute atomic E-state index is 0.0673. The predicted octanol–water partition coefficient (Wildman–Crippen LogP) is 3.99. The molecule has 4 aromatic rings. The molecular weight excluding hydrogens is 390 g/mol. The average molecular weight is 415 g/mol. The van der Waals surface area contributed by atoms with E-state index in [1.54, 1.807) is 13.3 Å². The molecule has 1 aromatic carbocycles. The normalized spacial score (nSPS) is 18.6. The Balaban J connectivity index is 1.32. The summed E-state index contributed by atoms with van der Waals surface area (Å²) in [5.74, 6) is 1.17. The number of fused-ring (bicyclic) bond motifs is 1. The Morgan fingerprint density at radius 1 is 1.26 bits per heavy atom. The molecule has 1 unspecified atom stereocenters. The molecule has 4 heterocycles. The molecule has 5 rings (SSSR count). The number of pyridine rings is 1. The Bertz CT molecular complexity index is 1210. The van der Waals surface area contributed by atoms with Gasteiger partial charge >= 0.3 is 0 Å². The molecule has 0 spiro atoms. The highest BCUT2D eigenvalue weighted by atomic mass is 16.5. The number of nitrogens with zero attached hydrogens (tertiary/aromatic N) is 4. The third kappa shape index (κ3) is 3.67. The minimum Gasteiger partial charge on any atom is -0.497 e. The summed E-state index contributed by atoms with van der Waals surface area (Å²) in [6.07, 6.45) is 6.70. The molecule has 0 radical (unpaired) electrons. The first-order valence-corrected chi connectivity index (χ1v) is 10.5. The van der Waals surface area contributed by atoms with Gasteiger partial charge in [0, 0.05) is 42.7 Å². The molecular formula is C24H25N5O2. The molecule has 158 valence electrons. The van der Waals surface area contributed by atoms with Crippen LogP contribution in [0.1, 0.15) is 23.7 Å². The van der Waals surface area contributed by atoms with Crippen LogP contribution in [0, 0.1) is 5.92 Å². The lowest BCUT2D eigenvalue weighted by Crippen LogP contribution is -2.34. The van der Waals surface area contributed by atoms with Crippen molar-refractivity contribution >= 4 is 16.9 Å². The molecule has 7 nitrogen and oxygen atoms in total. The maximum absolute atomic E-state index is 13.1. The molecule has 31 heavy (non-hydrogen) atoms. The summed E-state index contributed by atoms with van der Waals surface area (Å²) in [6, 6.07) is 13.8. The van der Waals surface area contributed by atoms with Crippen LogP contribution in [0.25, 0.3) is 22.3 Å². The zero-order valence-corrected chi connectivity index (χ0v) is 17.7. The average Bonchev–Trinajstić information content (AvgIpc) is 3.54. The number of nitrogens with one attached hydrogen (secondary N) is 1. The topological polar surface area (TPSA) is 76.0 Å². The van der Waals surface area contributed by atoms with Crippen LogP contribution >= 0.6 is 0 Å². The third-order valence-corrected chi connectivity index (χ3v) is 6.11. The molecule has 7 heteroatoms. The molecule has 1 N–H and O–H groups in total. The van der Waals surface area contributed by atoms with Gasteiger partial charge in [-0.25, -0.2) is 4.98 Å². The highest BCUT2D eigenvalue weighted by molar-refractivity contribution is 5.95. The fourth-order valence-corrected chi connectivity index (χ4v) is 4.54. The second kappa shape index (κ2) is 7.91. The van der Waals surface area contributed by atoms with Crippen LogP contribution in [0.5, 0.6) is 5.75 Å². The van der Waals surface area contributed by atoms with Crippen LogP contribution in [-0.2, 0) is 6.54 Å². The van der Waals surface area contributed by atoms with E-state index >= 15 is 0 Å². The maximum atomic E-state index is 13.1. The van der Waals surface area contributed by atoms with Crippen LogP contribution in [0.15, 0.2) is 61.1 Å². The van der Waals surface area contributed by atoms with E-state index < -0.39 is 0 Å².